The molecule has 0 spiro atoms. The van der Waals surface area contributed by atoms with Gasteiger partial charge in [0.1, 0.15) is 0 Å². The van der Waals surface area contributed by atoms with Gasteiger partial charge in [0.05, 0.1) is 0 Å². The third kappa shape index (κ3) is 1.89. The summed E-state index contributed by atoms with van der Waals surface area (Å²) in [6.45, 7) is 2.26. The number of hydrogen-bond acceptors (Lipinski definition) is 2. The standard InChI is InChI=1S/C12H24GeN2/c1-2-13(14)15-12-10-4-8-3-9(6-10)7-11(12)5-8/h8-13,15H,2-7,14H2,1H3. The van der Waals surface area contributed by atoms with Crippen LogP contribution in [0.4, 0.5) is 0 Å². The second kappa shape index (κ2) is 4.04. The Morgan fingerprint density at radius 2 is 1.60 bits per heavy atom. The third-order valence-corrected chi connectivity index (χ3v) is 8.62. The Morgan fingerprint density at radius 1 is 1.07 bits per heavy atom. The van der Waals surface area contributed by atoms with Crippen LogP contribution in [0.5, 0.6) is 0 Å². The fourth-order valence-corrected chi connectivity index (χ4v) is 7.24. The molecule has 0 aromatic heterocycles. The zero-order valence-electron chi connectivity index (χ0n) is 9.78. The molecule has 3 N–H and O–H groups in total. The summed E-state index contributed by atoms with van der Waals surface area (Å²) in [5, 5.41) is 1.25. The molecule has 1 unspecified atom stereocenters. The van der Waals surface area contributed by atoms with Gasteiger partial charge < -0.3 is 0 Å². The van der Waals surface area contributed by atoms with Crippen LogP contribution in [0, 0.1) is 23.7 Å². The van der Waals surface area contributed by atoms with Crippen molar-refractivity contribution in [3.63, 3.8) is 0 Å². The van der Waals surface area contributed by atoms with E-state index in [4.69, 9.17) is 4.69 Å². The van der Waals surface area contributed by atoms with Gasteiger partial charge in [-0.25, -0.2) is 0 Å². The fourth-order valence-electron chi connectivity index (χ4n) is 4.56. The van der Waals surface area contributed by atoms with Gasteiger partial charge in [0.2, 0.25) is 0 Å². The Hall–Kier alpha value is 0.463. The van der Waals surface area contributed by atoms with E-state index in [0.717, 1.165) is 29.7 Å². The summed E-state index contributed by atoms with van der Waals surface area (Å²) in [4.78, 5) is 0. The van der Waals surface area contributed by atoms with E-state index < -0.39 is 14.8 Å². The molecule has 0 aliphatic heterocycles. The molecule has 0 radical (unpaired) electrons. The first-order valence-electron chi connectivity index (χ1n) is 6.78. The summed E-state index contributed by atoms with van der Waals surface area (Å²) in [5.41, 5.74) is 0. The summed E-state index contributed by atoms with van der Waals surface area (Å²) in [6.07, 6.45) is 7.63. The first kappa shape index (κ1) is 10.6. The molecule has 0 saturated heterocycles. The van der Waals surface area contributed by atoms with E-state index in [-0.39, 0.29) is 0 Å². The maximum absolute atomic E-state index is 6.23. The Kier molecular flexibility index (Phi) is 2.86. The van der Waals surface area contributed by atoms with E-state index >= 15 is 0 Å². The van der Waals surface area contributed by atoms with Crippen molar-refractivity contribution in [2.75, 3.05) is 0 Å². The predicted octanol–water partition coefficient (Wildman–Crippen LogP) is 1.60. The monoisotopic (exact) mass is 270 g/mol. The van der Waals surface area contributed by atoms with E-state index in [1.807, 2.05) is 0 Å². The number of hydrogen-bond donors (Lipinski definition) is 2. The Bertz CT molecular complexity index is 216. The first-order chi connectivity index (χ1) is 7.26. The van der Waals surface area contributed by atoms with Crippen LogP contribution in [0.1, 0.15) is 39.0 Å². The SMILES string of the molecule is C[CH2][GeH]([NH2])[NH]C1C2CC3CC(C2)CC1C3. The molecule has 15 heavy (non-hydrogen) atoms. The van der Waals surface area contributed by atoms with Crippen molar-refractivity contribution in [2.24, 2.45) is 28.4 Å². The Labute approximate surface area is 97.9 Å². The van der Waals surface area contributed by atoms with Crippen LogP contribution in [0.25, 0.3) is 0 Å². The van der Waals surface area contributed by atoms with Crippen LogP contribution >= 0.6 is 0 Å². The molecule has 0 amide bonds. The van der Waals surface area contributed by atoms with Crippen LogP contribution in [-0.4, -0.2) is 20.8 Å². The van der Waals surface area contributed by atoms with Gasteiger partial charge >= 0.3 is 97.8 Å². The van der Waals surface area contributed by atoms with Crippen LogP contribution < -0.4 is 8.96 Å². The van der Waals surface area contributed by atoms with E-state index in [0.29, 0.717) is 0 Å². The van der Waals surface area contributed by atoms with Crippen molar-refractivity contribution in [2.45, 2.75) is 50.3 Å². The second-order valence-corrected chi connectivity index (χ2v) is 11.1. The summed E-state index contributed by atoms with van der Waals surface area (Å²) < 4.78 is 10.1. The third-order valence-electron chi connectivity index (χ3n) is 5.07. The topological polar surface area (TPSA) is 38.0 Å². The van der Waals surface area contributed by atoms with Crippen LogP contribution in [-0.2, 0) is 0 Å². The quantitative estimate of drug-likeness (QED) is 0.764. The van der Waals surface area contributed by atoms with Gasteiger partial charge in [-0.15, -0.1) is 0 Å². The van der Waals surface area contributed by atoms with E-state index in [2.05, 4.69) is 11.2 Å². The van der Waals surface area contributed by atoms with Crippen molar-refractivity contribution >= 4 is 14.8 Å². The summed E-state index contributed by atoms with van der Waals surface area (Å²) in [7, 11) is 0. The second-order valence-electron chi connectivity index (χ2n) is 6.14. The maximum atomic E-state index is 6.23. The molecular formula is C12H24GeN2. The van der Waals surface area contributed by atoms with Gasteiger partial charge in [-0.2, -0.15) is 0 Å². The molecule has 0 heterocycles. The average molecular weight is 269 g/mol. The van der Waals surface area contributed by atoms with Crippen LogP contribution in [0.15, 0.2) is 0 Å². The van der Waals surface area contributed by atoms with Gasteiger partial charge in [-0.1, -0.05) is 0 Å². The first-order valence-corrected chi connectivity index (χ1v) is 11.1. The van der Waals surface area contributed by atoms with E-state index in [9.17, 15) is 0 Å². The van der Waals surface area contributed by atoms with Gasteiger partial charge in [0.15, 0.2) is 0 Å². The molecule has 4 bridgehead atoms. The number of nitrogens with one attached hydrogen (secondary N) is 1. The molecule has 4 rings (SSSR count). The average Bonchev–Trinajstić information content (AvgIpc) is 2.22. The van der Waals surface area contributed by atoms with Crippen LogP contribution in [0.2, 0.25) is 5.25 Å². The molecule has 0 aromatic carbocycles. The minimum absolute atomic E-state index is 0.841. The van der Waals surface area contributed by atoms with Gasteiger partial charge in [-0.05, 0) is 0 Å². The Balaban J connectivity index is 1.69. The molecule has 4 fully saturated rings. The number of nitrogens with two attached hydrogens (primary N) is 1. The molecule has 2 nitrogen and oxygen atoms in total. The molecule has 4 aliphatic carbocycles. The van der Waals surface area contributed by atoms with E-state index in [1.165, 1.54) is 30.9 Å². The fraction of sp³-hybridized carbons (Fsp3) is 1.00. The van der Waals surface area contributed by atoms with Crippen molar-refractivity contribution in [1.29, 1.82) is 0 Å². The molecule has 3 heteroatoms. The predicted molar refractivity (Wildman–Crippen MR) is 65.8 cm³/mol. The molecule has 4 aliphatic rings. The Morgan fingerprint density at radius 3 is 2.07 bits per heavy atom. The van der Waals surface area contributed by atoms with Gasteiger partial charge in [0, 0.05) is 0 Å². The molecule has 4 saturated carbocycles. The molecule has 1 atom stereocenters. The van der Waals surface area contributed by atoms with Crippen molar-refractivity contribution < 1.29 is 0 Å². The van der Waals surface area contributed by atoms with Crippen molar-refractivity contribution in [1.82, 2.24) is 4.27 Å². The normalized spacial score (nSPS) is 49.6. The summed E-state index contributed by atoms with van der Waals surface area (Å²) in [5.74, 6) is 4.20. The zero-order chi connectivity index (χ0) is 10.4. The zero-order valence-corrected chi connectivity index (χ0v) is 12.2. The van der Waals surface area contributed by atoms with Gasteiger partial charge in [0.25, 0.3) is 0 Å². The number of rotatable bonds is 3. The van der Waals surface area contributed by atoms with Crippen molar-refractivity contribution in [3.8, 4) is 0 Å². The molecular weight excluding hydrogens is 245 g/mol. The summed E-state index contributed by atoms with van der Waals surface area (Å²) >= 11 is -1.52. The molecule has 86 valence electrons. The summed E-state index contributed by atoms with van der Waals surface area (Å²) in [6, 6.07) is 0.841. The minimum atomic E-state index is -1.52. The van der Waals surface area contributed by atoms with Crippen LogP contribution in [0.3, 0.4) is 0 Å². The van der Waals surface area contributed by atoms with Crippen molar-refractivity contribution in [3.05, 3.63) is 0 Å². The van der Waals surface area contributed by atoms with Gasteiger partial charge in [-0.3, -0.25) is 0 Å². The van der Waals surface area contributed by atoms with E-state index in [1.54, 1.807) is 6.42 Å². The molecule has 0 aromatic rings.